The molecule has 90 valence electrons. The van der Waals surface area contributed by atoms with Gasteiger partial charge in [0.15, 0.2) is 0 Å². The lowest BCUT2D eigenvalue weighted by atomic mass is 9.94. The minimum absolute atomic E-state index is 0.0479. The number of carbonyl (C=O) groups is 1. The molecule has 0 aromatic carbocycles. The molecule has 0 spiro atoms. The summed E-state index contributed by atoms with van der Waals surface area (Å²) in [5.74, 6) is 0.0185. The van der Waals surface area contributed by atoms with E-state index in [0.717, 1.165) is 12.7 Å². The first-order valence-electron chi connectivity index (χ1n) is 4.95. The Hall–Kier alpha value is -0.620. The third-order valence-electron chi connectivity index (χ3n) is 1.91. The third kappa shape index (κ3) is 8.38. The molecule has 0 radical (unpaired) electrons. The number of nitrogens with two attached hydrogens (primary N) is 1. The summed E-state index contributed by atoms with van der Waals surface area (Å²) in [4.78, 5) is 11.3. The summed E-state index contributed by atoms with van der Waals surface area (Å²) >= 11 is 0. The molecule has 0 bridgehead atoms. The van der Waals surface area contributed by atoms with Crippen molar-refractivity contribution >= 4 is 15.9 Å². The molecule has 0 aromatic heterocycles. The van der Waals surface area contributed by atoms with Crippen LogP contribution >= 0.6 is 0 Å². The summed E-state index contributed by atoms with van der Waals surface area (Å²) < 4.78 is 23.5. The Balaban J connectivity index is 4.13. The van der Waals surface area contributed by atoms with Crippen molar-refractivity contribution in [2.24, 2.45) is 17.6 Å². The second-order valence-corrected chi connectivity index (χ2v) is 5.98. The first-order chi connectivity index (χ1) is 6.74. The highest BCUT2D eigenvalue weighted by Gasteiger charge is 2.16. The molecular formula is C9H20N2O3S. The van der Waals surface area contributed by atoms with E-state index in [2.05, 4.69) is 0 Å². The fourth-order valence-electron chi connectivity index (χ4n) is 1.44. The molecule has 0 saturated heterocycles. The molecule has 6 heteroatoms. The van der Waals surface area contributed by atoms with Gasteiger partial charge in [-0.2, -0.15) is 0 Å². The van der Waals surface area contributed by atoms with Crippen LogP contribution in [-0.2, 0) is 14.8 Å². The van der Waals surface area contributed by atoms with E-state index in [0.29, 0.717) is 12.5 Å². The van der Waals surface area contributed by atoms with Crippen LogP contribution in [0.4, 0.5) is 0 Å². The lowest BCUT2D eigenvalue weighted by Crippen LogP contribution is -2.32. The van der Waals surface area contributed by atoms with E-state index in [1.165, 1.54) is 0 Å². The predicted molar refractivity (Wildman–Crippen MR) is 59.6 cm³/mol. The van der Waals surface area contributed by atoms with Crippen LogP contribution in [0.15, 0.2) is 0 Å². The van der Waals surface area contributed by atoms with Gasteiger partial charge in [-0.15, -0.1) is 0 Å². The first kappa shape index (κ1) is 14.4. The van der Waals surface area contributed by atoms with Gasteiger partial charge in [0, 0.05) is 6.42 Å². The topological polar surface area (TPSA) is 89.3 Å². The van der Waals surface area contributed by atoms with Crippen molar-refractivity contribution < 1.29 is 13.2 Å². The number of rotatable bonds is 6. The Kier molecular flexibility index (Phi) is 5.82. The van der Waals surface area contributed by atoms with Gasteiger partial charge in [-0.05, 0) is 24.8 Å². The van der Waals surface area contributed by atoms with E-state index in [4.69, 9.17) is 5.73 Å². The molecule has 0 aromatic rings. The maximum absolute atomic E-state index is 11.3. The summed E-state index contributed by atoms with van der Waals surface area (Å²) in [5.41, 5.74) is 5.50. The summed E-state index contributed by atoms with van der Waals surface area (Å²) in [6.07, 6.45) is 1.96. The number of hydrogen-bond acceptors (Lipinski definition) is 4. The van der Waals surface area contributed by atoms with Crippen molar-refractivity contribution in [1.82, 2.24) is 4.72 Å². The highest BCUT2D eigenvalue weighted by atomic mass is 32.2. The number of carbonyl (C=O) groups excluding carboxylic acids is 1. The van der Waals surface area contributed by atoms with Crippen LogP contribution in [0.25, 0.3) is 0 Å². The monoisotopic (exact) mass is 236 g/mol. The molecule has 0 saturated carbocycles. The van der Waals surface area contributed by atoms with E-state index in [1.807, 2.05) is 18.6 Å². The second kappa shape index (κ2) is 6.07. The standard InChI is InChI=1S/C9H20N2O3S/c1-7(2)4-8(6-10)5-9(12)11-15(3,13)14/h7-8H,4-6,10H2,1-3H3,(H,11,12)/t8-/m0/s1. The van der Waals surface area contributed by atoms with Crippen LogP contribution in [-0.4, -0.2) is 27.1 Å². The first-order valence-corrected chi connectivity index (χ1v) is 6.84. The van der Waals surface area contributed by atoms with E-state index in [-0.39, 0.29) is 12.3 Å². The lowest BCUT2D eigenvalue weighted by molar-refractivity contribution is -0.120. The molecule has 0 unspecified atom stereocenters. The summed E-state index contributed by atoms with van der Waals surface area (Å²) in [7, 11) is -3.45. The summed E-state index contributed by atoms with van der Waals surface area (Å²) in [6.45, 7) is 4.48. The molecule has 1 atom stereocenters. The molecule has 0 rings (SSSR count). The number of amides is 1. The molecule has 1 amide bonds. The lowest BCUT2D eigenvalue weighted by Gasteiger charge is -2.15. The number of sulfonamides is 1. The number of hydrogen-bond donors (Lipinski definition) is 2. The molecule has 0 heterocycles. The smallest absolute Gasteiger partial charge is 0.233 e. The second-order valence-electron chi connectivity index (χ2n) is 4.23. The van der Waals surface area contributed by atoms with Crippen LogP contribution < -0.4 is 10.5 Å². The van der Waals surface area contributed by atoms with E-state index < -0.39 is 15.9 Å². The van der Waals surface area contributed by atoms with Crippen LogP contribution in [0.5, 0.6) is 0 Å². The zero-order chi connectivity index (χ0) is 12.1. The molecule has 15 heavy (non-hydrogen) atoms. The zero-order valence-corrected chi connectivity index (χ0v) is 10.3. The fraction of sp³-hybridized carbons (Fsp3) is 0.889. The maximum Gasteiger partial charge on any atom is 0.233 e. The average Bonchev–Trinajstić information content (AvgIpc) is 1.98. The quantitative estimate of drug-likeness (QED) is 0.683. The Morgan fingerprint density at radius 1 is 1.40 bits per heavy atom. The highest BCUT2D eigenvalue weighted by molar-refractivity contribution is 7.89. The normalized spacial score (nSPS) is 13.9. The minimum atomic E-state index is -3.45. The van der Waals surface area contributed by atoms with E-state index in [1.54, 1.807) is 0 Å². The summed E-state index contributed by atoms with van der Waals surface area (Å²) in [6, 6.07) is 0. The van der Waals surface area contributed by atoms with Crippen LogP contribution in [0.3, 0.4) is 0 Å². The largest absolute Gasteiger partial charge is 0.330 e. The van der Waals surface area contributed by atoms with Crippen LogP contribution in [0.2, 0.25) is 0 Å². The van der Waals surface area contributed by atoms with Gasteiger partial charge in [-0.25, -0.2) is 8.42 Å². The van der Waals surface area contributed by atoms with Gasteiger partial charge in [0.2, 0.25) is 15.9 Å². The molecule has 0 aliphatic heterocycles. The van der Waals surface area contributed by atoms with Crippen molar-refractivity contribution in [3.63, 3.8) is 0 Å². The number of nitrogens with one attached hydrogen (secondary N) is 1. The molecule has 3 N–H and O–H groups in total. The van der Waals surface area contributed by atoms with Gasteiger partial charge in [0.1, 0.15) is 0 Å². The molecule has 0 fully saturated rings. The summed E-state index contributed by atoms with van der Waals surface area (Å²) in [5, 5.41) is 0. The molecule has 0 aliphatic rings. The third-order valence-corrected chi connectivity index (χ3v) is 2.51. The van der Waals surface area contributed by atoms with Crippen LogP contribution in [0, 0.1) is 11.8 Å². The Bertz CT molecular complexity index is 298. The molecule has 5 nitrogen and oxygen atoms in total. The van der Waals surface area contributed by atoms with E-state index >= 15 is 0 Å². The molecule has 0 aliphatic carbocycles. The van der Waals surface area contributed by atoms with Gasteiger partial charge >= 0.3 is 0 Å². The predicted octanol–water partition coefficient (Wildman–Crippen LogP) is 0.0733. The van der Waals surface area contributed by atoms with Crippen molar-refractivity contribution in [3.8, 4) is 0 Å². The fourth-order valence-corrected chi connectivity index (χ4v) is 1.94. The van der Waals surface area contributed by atoms with Gasteiger partial charge in [-0.1, -0.05) is 13.8 Å². The highest BCUT2D eigenvalue weighted by Crippen LogP contribution is 2.13. The van der Waals surface area contributed by atoms with Gasteiger partial charge in [0.25, 0.3) is 0 Å². The van der Waals surface area contributed by atoms with Crippen molar-refractivity contribution in [2.75, 3.05) is 12.8 Å². The maximum atomic E-state index is 11.3. The van der Waals surface area contributed by atoms with Gasteiger partial charge in [0.05, 0.1) is 6.26 Å². The Labute approximate surface area is 91.5 Å². The van der Waals surface area contributed by atoms with Crippen molar-refractivity contribution in [2.45, 2.75) is 26.7 Å². The average molecular weight is 236 g/mol. The Morgan fingerprint density at radius 2 is 1.93 bits per heavy atom. The van der Waals surface area contributed by atoms with E-state index in [9.17, 15) is 13.2 Å². The minimum Gasteiger partial charge on any atom is -0.330 e. The van der Waals surface area contributed by atoms with Crippen LogP contribution in [0.1, 0.15) is 26.7 Å². The van der Waals surface area contributed by atoms with Crippen molar-refractivity contribution in [1.29, 1.82) is 0 Å². The van der Waals surface area contributed by atoms with Crippen molar-refractivity contribution in [3.05, 3.63) is 0 Å². The SMILES string of the molecule is CC(C)C[C@H](CN)CC(=O)NS(C)(=O)=O. The zero-order valence-electron chi connectivity index (χ0n) is 9.49. The van der Waals surface area contributed by atoms with Gasteiger partial charge in [-0.3, -0.25) is 9.52 Å². The van der Waals surface area contributed by atoms with Gasteiger partial charge < -0.3 is 5.73 Å². The molecular weight excluding hydrogens is 216 g/mol. The Morgan fingerprint density at radius 3 is 2.27 bits per heavy atom.